The highest BCUT2D eigenvalue weighted by molar-refractivity contribution is 7.99. The van der Waals surface area contributed by atoms with E-state index in [0.717, 1.165) is 23.9 Å². The molecule has 0 amide bonds. The Morgan fingerprint density at radius 3 is 2.47 bits per heavy atom. The summed E-state index contributed by atoms with van der Waals surface area (Å²) in [7, 11) is 0. The molecule has 0 fully saturated rings. The number of nitrogens with zero attached hydrogens (tertiary/aromatic N) is 3. The van der Waals surface area contributed by atoms with Crippen molar-refractivity contribution >= 4 is 11.8 Å². The maximum absolute atomic E-state index is 12.9. The van der Waals surface area contributed by atoms with E-state index in [1.807, 2.05) is 6.07 Å². The van der Waals surface area contributed by atoms with Gasteiger partial charge < -0.3 is 0 Å². The molecule has 1 aromatic carbocycles. The van der Waals surface area contributed by atoms with Crippen LogP contribution in [-0.2, 0) is 0 Å². The lowest BCUT2D eigenvalue weighted by Gasteiger charge is -2.00. The molecule has 3 nitrogen and oxygen atoms in total. The Morgan fingerprint density at radius 1 is 1.06 bits per heavy atom. The van der Waals surface area contributed by atoms with Crippen molar-refractivity contribution in [2.45, 2.75) is 9.92 Å². The van der Waals surface area contributed by atoms with Gasteiger partial charge in [0, 0.05) is 4.90 Å². The Morgan fingerprint density at radius 2 is 1.88 bits per heavy atom. The van der Waals surface area contributed by atoms with Gasteiger partial charge in [0.2, 0.25) is 0 Å². The molecule has 0 atom stereocenters. The van der Waals surface area contributed by atoms with Crippen LogP contribution in [0.3, 0.4) is 0 Å². The molecule has 0 aliphatic rings. The van der Waals surface area contributed by atoms with Crippen molar-refractivity contribution in [1.29, 1.82) is 5.26 Å². The number of hydrogen-bond donors (Lipinski definition) is 0. The van der Waals surface area contributed by atoms with E-state index in [1.165, 1.54) is 12.1 Å². The number of halogens is 2. The standard InChI is InChI=1S/C11H5F2N3S/c12-9-3-2-8(5-10(9)13)17-11-4-1-7(6-14)15-16-11/h1-5H. The molecule has 0 aliphatic carbocycles. The van der Waals surface area contributed by atoms with E-state index in [-0.39, 0.29) is 5.69 Å². The third-order valence-electron chi connectivity index (χ3n) is 1.87. The smallest absolute Gasteiger partial charge is 0.163 e. The van der Waals surface area contributed by atoms with Gasteiger partial charge in [-0.2, -0.15) is 5.26 Å². The van der Waals surface area contributed by atoms with Crippen LogP contribution in [0.2, 0.25) is 0 Å². The van der Waals surface area contributed by atoms with Crippen LogP contribution >= 0.6 is 11.8 Å². The Hall–Kier alpha value is -2.00. The summed E-state index contributed by atoms with van der Waals surface area (Å²) in [6.07, 6.45) is 0. The number of benzene rings is 1. The Kier molecular flexibility index (Phi) is 3.30. The minimum Gasteiger partial charge on any atom is -0.204 e. The number of nitriles is 1. The van der Waals surface area contributed by atoms with Crippen molar-refractivity contribution in [3.8, 4) is 6.07 Å². The summed E-state index contributed by atoms with van der Waals surface area (Å²) in [5, 5.41) is 16.4. The van der Waals surface area contributed by atoms with Gasteiger partial charge in [-0.15, -0.1) is 10.2 Å². The third-order valence-corrected chi connectivity index (χ3v) is 2.78. The predicted octanol–water partition coefficient (Wildman–Crippen LogP) is 2.78. The highest BCUT2D eigenvalue weighted by Crippen LogP contribution is 2.26. The van der Waals surface area contributed by atoms with Crippen LogP contribution in [0.25, 0.3) is 0 Å². The zero-order valence-corrected chi connectivity index (χ0v) is 9.21. The van der Waals surface area contributed by atoms with Crippen molar-refractivity contribution in [3.05, 3.63) is 47.7 Å². The van der Waals surface area contributed by atoms with Crippen molar-refractivity contribution in [2.24, 2.45) is 0 Å². The van der Waals surface area contributed by atoms with E-state index in [1.54, 1.807) is 6.07 Å². The molecule has 2 aromatic rings. The van der Waals surface area contributed by atoms with Crippen LogP contribution in [0.1, 0.15) is 5.69 Å². The zero-order chi connectivity index (χ0) is 12.3. The summed E-state index contributed by atoms with van der Waals surface area (Å²) in [6.45, 7) is 0. The molecule has 0 N–H and O–H groups in total. The molecular weight excluding hydrogens is 244 g/mol. The minimum absolute atomic E-state index is 0.208. The van der Waals surface area contributed by atoms with Crippen LogP contribution in [0, 0.1) is 23.0 Å². The third kappa shape index (κ3) is 2.77. The van der Waals surface area contributed by atoms with Gasteiger partial charge in [-0.05, 0) is 30.3 Å². The fourth-order valence-electron chi connectivity index (χ4n) is 1.10. The van der Waals surface area contributed by atoms with E-state index >= 15 is 0 Å². The largest absolute Gasteiger partial charge is 0.204 e. The van der Waals surface area contributed by atoms with Crippen molar-refractivity contribution in [2.75, 3.05) is 0 Å². The van der Waals surface area contributed by atoms with Crippen LogP contribution in [0.4, 0.5) is 8.78 Å². The quantitative estimate of drug-likeness (QED) is 0.821. The number of hydrogen-bond acceptors (Lipinski definition) is 4. The lowest BCUT2D eigenvalue weighted by atomic mass is 10.3. The molecule has 0 spiro atoms. The van der Waals surface area contributed by atoms with Gasteiger partial charge in [0.05, 0.1) is 0 Å². The van der Waals surface area contributed by atoms with Crippen molar-refractivity contribution < 1.29 is 8.78 Å². The second-order valence-electron chi connectivity index (χ2n) is 3.05. The summed E-state index contributed by atoms with van der Waals surface area (Å²) in [5.41, 5.74) is 0.208. The van der Waals surface area contributed by atoms with Crippen LogP contribution in [0.15, 0.2) is 40.3 Å². The van der Waals surface area contributed by atoms with E-state index in [9.17, 15) is 8.78 Å². The first-order valence-electron chi connectivity index (χ1n) is 4.56. The first-order chi connectivity index (χ1) is 8.19. The zero-order valence-electron chi connectivity index (χ0n) is 8.39. The highest BCUT2D eigenvalue weighted by Gasteiger charge is 2.05. The molecule has 1 heterocycles. The van der Waals surface area contributed by atoms with Gasteiger partial charge in [-0.3, -0.25) is 0 Å². The normalized spacial score (nSPS) is 9.94. The molecule has 0 unspecified atom stereocenters. The molecule has 2 rings (SSSR count). The maximum Gasteiger partial charge on any atom is 0.163 e. The molecule has 17 heavy (non-hydrogen) atoms. The first-order valence-corrected chi connectivity index (χ1v) is 5.37. The van der Waals surface area contributed by atoms with Crippen molar-refractivity contribution in [1.82, 2.24) is 10.2 Å². The summed E-state index contributed by atoms with van der Waals surface area (Å²) in [4.78, 5) is 0.517. The maximum atomic E-state index is 12.9. The predicted molar refractivity (Wildman–Crippen MR) is 57.2 cm³/mol. The number of rotatable bonds is 2. The summed E-state index contributed by atoms with van der Waals surface area (Å²) in [6, 6.07) is 8.53. The van der Waals surface area contributed by atoms with E-state index in [4.69, 9.17) is 5.26 Å². The van der Waals surface area contributed by atoms with Crippen LogP contribution < -0.4 is 0 Å². The fraction of sp³-hybridized carbons (Fsp3) is 0. The van der Waals surface area contributed by atoms with Gasteiger partial charge in [0.15, 0.2) is 17.3 Å². The van der Waals surface area contributed by atoms with E-state index < -0.39 is 11.6 Å². The molecule has 0 bridgehead atoms. The average molecular weight is 249 g/mol. The Labute approximate surface area is 100 Å². The topological polar surface area (TPSA) is 49.6 Å². The second-order valence-corrected chi connectivity index (χ2v) is 4.14. The minimum atomic E-state index is -0.906. The molecule has 0 saturated heterocycles. The first kappa shape index (κ1) is 11.5. The monoisotopic (exact) mass is 249 g/mol. The molecule has 6 heteroatoms. The highest BCUT2D eigenvalue weighted by atomic mass is 32.2. The van der Waals surface area contributed by atoms with E-state index in [0.29, 0.717) is 9.92 Å². The molecule has 0 aliphatic heterocycles. The van der Waals surface area contributed by atoms with Gasteiger partial charge in [-0.25, -0.2) is 8.78 Å². The molecule has 84 valence electrons. The SMILES string of the molecule is N#Cc1ccc(Sc2ccc(F)c(F)c2)nn1. The lowest BCUT2D eigenvalue weighted by Crippen LogP contribution is -1.89. The fourth-order valence-corrected chi connectivity index (χ4v) is 1.85. The Bertz CT molecular complexity index is 578. The van der Waals surface area contributed by atoms with Gasteiger partial charge in [0.1, 0.15) is 11.1 Å². The van der Waals surface area contributed by atoms with Gasteiger partial charge >= 0.3 is 0 Å². The molecular formula is C11H5F2N3S. The summed E-state index contributed by atoms with van der Waals surface area (Å²) < 4.78 is 25.6. The van der Waals surface area contributed by atoms with Crippen LogP contribution in [0.5, 0.6) is 0 Å². The van der Waals surface area contributed by atoms with E-state index in [2.05, 4.69) is 10.2 Å². The molecule has 0 saturated carbocycles. The average Bonchev–Trinajstić information content (AvgIpc) is 2.35. The lowest BCUT2D eigenvalue weighted by molar-refractivity contribution is 0.506. The molecule has 1 aromatic heterocycles. The van der Waals surface area contributed by atoms with Crippen molar-refractivity contribution in [3.63, 3.8) is 0 Å². The Balaban J connectivity index is 2.20. The second kappa shape index (κ2) is 4.89. The summed E-state index contributed by atoms with van der Waals surface area (Å²) >= 11 is 1.14. The number of aromatic nitrogens is 2. The van der Waals surface area contributed by atoms with Crippen LogP contribution in [-0.4, -0.2) is 10.2 Å². The van der Waals surface area contributed by atoms with Gasteiger partial charge in [0.25, 0.3) is 0 Å². The summed E-state index contributed by atoms with van der Waals surface area (Å²) in [5.74, 6) is -1.79. The van der Waals surface area contributed by atoms with Gasteiger partial charge in [-0.1, -0.05) is 11.8 Å². The molecule has 0 radical (unpaired) electrons.